The lowest BCUT2D eigenvalue weighted by molar-refractivity contribution is -0.128. The molecule has 1 heterocycles. The van der Waals surface area contributed by atoms with E-state index in [4.69, 9.17) is 0 Å². The predicted octanol–water partition coefficient (Wildman–Crippen LogP) is 3.34. The molecule has 0 radical (unpaired) electrons. The zero-order valence-electron chi connectivity index (χ0n) is 12.6. The van der Waals surface area contributed by atoms with Crippen LogP contribution in [-0.4, -0.2) is 31.4 Å². The second-order valence-corrected chi connectivity index (χ2v) is 6.39. The Bertz CT molecular complexity index is 604. The van der Waals surface area contributed by atoms with E-state index in [1.165, 1.54) is 20.5 Å². The number of fused-ring (bicyclic) bond motifs is 1. The Morgan fingerprint density at radius 1 is 1.35 bits per heavy atom. The molecule has 1 aromatic heterocycles. The second-order valence-electron chi connectivity index (χ2n) is 5.30. The van der Waals surface area contributed by atoms with E-state index in [9.17, 15) is 4.79 Å². The molecule has 0 bridgehead atoms. The van der Waals surface area contributed by atoms with Crippen LogP contribution in [0.3, 0.4) is 0 Å². The number of aryl methyl sites for hydroxylation is 1. The first-order chi connectivity index (χ1) is 9.50. The van der Waals surface area contributed by atoms with Crippen LogP contribution >= 0.6 is 11.3 Å². The Labute approximate surface area is 124 Å². The van der Waals surface area contributed by atoms with Crippen LogP contribution in [-0.2, 0) is 4.79 Å². The first-order valence-corrected chi connectivity index (χ1v) is 7.74. The largest absolute Gasteiger partial charge is 0.349 e. The number of carbonyl (C=O) groups excluding carboxylic acids is 1. The summed E-state index contributed by atoms with van der Waals surface area (Å²) in [5.41, 5.74) is 1.35. The summed E-state index contributed by atoms with van der Waals surface area (Å²) >= 11 is 1.84. The van der Waals surface area contributed by atoms with Crippen molar-refractivity contribution in [2.24, 2.45) is 0 Å². The summed E-state index contributed by atoms with van der Waals surface area (Å²) < 4.78 is 1.33. The van der Waals surface area contributed by atoms with E-state index >= 15 is 0 Å². The summed E-state index contributed by atoms with van der Waals surface area (Å²) in [7, 11) is 3.59. The Morgan fingerprint density at radius 3 is 2.70 bits per heavy atom. The molecule has 0 saturated heterocycles. The van der Waals surface area contributed by atoms with Crippen molar-refractivity contribution in [2.45, 2.75) is 26.3 Å². The van der Waals surface area contributed by atoms with Gasteiger partial charge in [0.1, 0.15) is 0 Å². The van der Waals surface area contributed by atoms with Gasteiger partial charge in [0.25, 0.3) is 0 Å². The van der Waals surface area contributed by atoms with Gasteiger partial charge in [-0.2, -0.15) is 0 Å². The Kier molecular flexibility index (Phi) is 4.78. The van der Waals surface area contributed by atoms with Gasteiger partial charge in [-0.05, 0) is 30.9 Å². The van der Waals surface area contributed by atoms with E-state index in [2.05, 4.69) is 43.4 Å². The summed E-state index contributed by atoms with van der Waals surface area (Å²) in [6.45, 7) is 5.06. The van der Waals surface area contributed by atoms with Gasteiger partial charge < -0.3 is 10.2 Å². The number of hydrogen-bond acceptors (Lipinski definition) is 3. The fourth-order valence-corrected chi connectivity index (χ4v) is 3.56. The summed E-state index contributed by atoms with van der Waals surface area (Å²) in [6.07, 6.45) is 0.543. The summed E-state index contributed by atoms with van der Waals surface area (Å²) in [5, 5.41) is 4.79. The number of hydrogen-bond donors (Lipinski definition) is 1. The third kappa shape index (κ3) is 3.19. The lowest BCUT2D eigenvalue weighted by Crippen LogP contribution is -2.27. The molecule has 0 aliphatic carbocycles. The summed E-state index contributed by atoms with van der Waals surface area (Å²) in [5.74, 6) is 0.165. The lowest BCUT2D eigenvalue weighted by Gasteiger charge is -2.15. The third-order valence-electron chi connectivity index (χ3n) is 3.56. The van der Waals surface area contributed by atoms with Gasteiger partial charge in [-0.3, -0.25) is 4.79 Å². The van der Waals surface area contributed by atoms with Crippen molar-refractivity contribution in [1.29, 1.82) is 0 Å². The molecule has 2 rings (SSSR count). The van der Waals surface area contributed by atoms with Gasteiger partial charge in [0.2, 0.25) is 5.91 Å². The number of nitrogens with zero attached hydrogens (tertiary/aromatic N) is 1. The zero-order chi connectivity index (χ0) is 14.7. The Hall–Kier alpha value is -1.39. The standard InChI is InChI=1S/C16H22N2OS/c1-11-13-7-5-6-8-14(13)20-16(11)12(2)17-10-9-15(19)18(3)4/h5-8,12,17H,9-10H2,1-4H3. The Balaban J connectivity index is 2.02. The molecule has 0 saturated carbocycles. The SMILES string of the molecule is Cc1c(C(C)NCCC(=O)N(C)C)sc2ccccc12. The van der Waals surface area contributed by atoms with Crippen molar-refractivity contribution in [2.75, 3.05) is 20.6 Å². The highest BCUT2D eigenvalue weighted by atomic mass is 32.1. The van der Waals surface area contributed by atoms with E-state index < -0.39 is 0 Å². The Morgan fingerprint density at radius 2 is 2.05 bits per heavy atom. The molecule has 1 aromatic carbocycles. The van der Waals surface area contributed by atoms with Crippen molar-refractivity contribution in [1.82, 2.24) is 10.2 Å². The number of rotatable bonds is 5. The average molecular weight is 290 g/mol. The van der Waals surface area contributed by atoms with Crippen LogP contribution in [0.4, 0.5) is 0 Å². The molecule has 108 valence electrons. The number of thiophene rings is 1. The molecule has 0 fully saturated rings. The molecule has 2 aromatic rings. The van der Waals surface area contributed by atoms with Crippen LogP contribution < -0.4 is 5.32 Å². The van der Waals surface area contributed by atoms with Gasteiger partial charge in [-0.25, -0.2) is 0 Å². The van der Waals surface area contributed by atoms with Crippen LogP contribution in [0.2, 0.25) is 0 Å². The van der Waals surface area contributed by atoms with E-state index in [0.29, 0.717) is 13.0 Å². The van der Waals surface area contributed by atoms with Gasteiger partial charge in [0, 0.05) is 42.7 Å². The van der Waals surface area contributed by atoms with Gasteiger partial charge in [-0.15, -0.1) is 11.3 Å². The van der Waals surface area contributed by atoms with Crippen LogP contribution in [0.1, 0.15) is 29.8 Å². The topological polar surface area (TPSA) is 32.3 Å². The van der Waals surface area contributed by atoms with Crippen LogP contribution in [0, 0.1) is 6.92 Å². The summed E-state index contributed by atoms with van der Waals surface area (Å²) in [4.78, 5) is 14.6. The molecular weight excluding hydrogens is 268 g/mol. The van der Waals surface area contributed by atoms with Gasteiger partial charge in [0.05, 0.1) is 0 Å². The lowest BCUT2D eigenvalue weighted by atomic mass is 10.1. The van der Waals surface area contributed by atoms with Crippen molar-refractivity contribution < 1.29 is 4.79 Å². The van der Waals surface area contributed by atoms with Crippen molar-refractivity contribution in [3.05, 3.63) is 34.7 Å². The maximum atomic E-state index is 11.6. The third-order valence-corrected chi connectivity index (χ3v) is 5.02. The number of nitrogens with one attached hydrogen (secondary N) is 1. The maximum absolute atomic E-state index is 11.6. The van der Waals surface area contributed by atoms with Crippen molar-refractivity contribution >= 4 is 27.3 Å². The molecule has 20 heavy (non-hydrogen) atoms. The van der Waals surface area contributed by atoms with Gasteiger partial charge in [0.15, 0.2) is 0 Å². The van der Waals surface area contributed by atoms with E-state index in [1.54, 1.807) is 19.0 Å². The average Bonchev–Trinajstić information content (AvgIpc) is 2.76. The normalized spacial score (nSPS) is 12.6. The minimum atomic E-state index is 0.165. The highest BCUT2D eigenvalue weighted by Crippen LogP contribution is 2.34. The fourth-order valence-electron chi connectivity index (χ4n) is 2.32. The van der Waals surface area contributed by atoms with Gasteiger partial charge >= 0.3 is 0 Å². The molecule has 1 unspecified atom stereocenters. The molecule has 0 aliphatic rings. The van der Waals surface area contributed by atoms with E-state index in [1.807, 2.05) is 11.3 Å². The molecular formula is C16H22N2OS. The van der Waals surface area contributed by atoms with Crippen molar-refractivity contribution in [3.63, 3.8) is 0 Å². The first kappa shape index (κ1) is 15.0. The number of carbonyl (C=O) groups is 1. The molecule has 0 aliphatic heterocycles. The minimum Gasteiger partial charge on any atom is -0.349 e. The second kappa shape index (κ2) is 6.37. The smallest absolute Gasteiger partial charge is 0.223 e. The van der Waals surface area contributed by atoms with Crippen LogP contribution in [0.15, 0.2) is 24.3 Å². The monoisotopic (exact) mass is 290 g/mol. The van der Waals surface area contributed by atoms with E-state index in [-0.39, 0.29) is 11.9 Å². The number of benzene rings is 1. The predicted molar refractivity (Wildman–Crippen MR) is 86.3 cm³/mol. The minimum absolute atomic E-state index is 0.165. The molecule has 1 amide bonds. The maximum Gasteiger partial charge on any atom is 0.223 e. The van der Waals surface area contributed by atoms with Crippen LogP contribution in [0.5, 0.6) is 0 Å². The first-order valence-electron chi connectivity index (χ1n) is 6.92. The molecule has 4 heteroatoms. The highest BCUT2D eigenvalue weighted by Gasteiger charge is 2.14. The van der Waals surface area contributed by atoms with E-state index in [0.717, 1.165) is 0 Å². The molecule has 0 spiro atoms. The molecule has 3 nitrogen and oxygen atoms in total. The molecule has 1 N–H and O–H groups in total. The zero-order valence-corrected chi connectivity index (χ0v) is 13.4. The highest BCUT2D eigenvalue weighted by molar-refractivity contribution is 7.19. The quantitative estimate of drug-likeness (QED) is 0.916. The van der Waals surface area contributed by atoms with Gasteiger partial charge in [-0.1, -0.05) is 18.2 Å². The summed E-state index contributed by atoms with van der Waals surface area (Å²) in [6, 6.07) is 8.78. The fraction of sp³-hybridized carbons (Fsp3) is 0.438. The molecule has 1 atom stereocenters. The van der Waals surface area contributed by atoms with Crippen LogP contribution in [0.25, 0.3) is 10.1 Å². The number of amides is 1. The van der Waals surface area contributed by atoms with Crippen molar-refractivity contribution in [3.8, 4) is 0 Å².